The van der Waals surface area contributed by atoms with E-state index in [2.05, 4.69) is 25.8 Å². The first-order chi connectivity index (χ1) is 14.7. The van der Waals surface area contributed by atoms with E-state index in [0.717, 1.165) is 92.5 Å². The zero-order valence-electron chi connectivity index (χ0n) is 17.6. The number of rotatable bonds is 3. The van der Waals surface area contributed by atoms with Gasteiger partial charge >= 0.3 is 0 Å². The van der Waals surface area contributed by atoms with Gasteiger partial charge in [-0.25, -0.2) is 19.9 Å². The number of ether oxygens (including phenoxy) is 1. The van der Waals surface area contributed by atoms with Crippen molar-refractivity contribution in [1.82, 2.24) is 19.9 Å². The van der Waals surface area contributed by atoms with E-state index in [0.29, 0.717) is 0 Å². The Bertz CT molecular complexity index is 1040. The average Bonchev–Trinajstić information content (AvgIpc) is 2.79. The average molecular weight is 406 g/mol. The number of hydrogen-bond acceptors (Lipinski definition) is 8. The highest BCUT2D eigenvalue weighted by Crippen LogP contribution is 2.24. The van der Waals surface area contributed by atoms with Gasteiger partial charge in [0.25, 0.3) is 0 Å². The third-order valence-electron chi connectivity index (χ3n) is 5.77. The summed E-state index contributed by atoms with van der Waals surface area (Å²) in [7, 11) is 0. The molecule has 2 aromatic heterocycles. The van der Waals surface area contributed by atoms with Gasteiger partial charge in [0.2, 0.25) is 0 Å². The molecule has 0 bridgehead atoms. The Kier molecular flexibility index (Phi) is 5.08. The lowest BCUT2D eigenvalue weighted by Crippen LogP contribution is -2.47. The summed E-state index contributed by atoms with van der Waals surface area (Å²) in [6.07, 6.45) is 0. The second-order valence-electron chi connectivity index (χ2n) is 7.83. The Labute approximate surface area is 176 Å². The van der Waals surface area contributed by atoms with Crippen molar-refractivity contribution in [2.75, 3.05) is 67.2 Å². The van der Waals surface area contributed by atoms with E-state index < -0.39 is 0 Å². The van der Waals surface area contributed by atoms with Crippen LogP contribution in [0.3, 0.4) is 0 Å². The van der Waals surface area contributed by atoms with Crippen LogP contribution in [0, 0.1) is 13.8 Å². The van der Waals surface area contributed by atoms with Gasteiger partial charge in [0.15, 0.2) is 5.82 Å². The largest absolute Gasteiger partial charge is 0.378 e. The first-order valence-electron chi connectivity index (χ1n) is 10.6. The minimum atomic E-state index is 0.753. The van der Waals surface area contributed by atoms with E-state index in [-0.39, 0.29) is 0 Å². The Hall–Kier alpha value is -3.00. The highest BCUT2D eigenvalue weighted by Gasteiger charge is 2.23. The fraction of sp³-hybridized carbons (Fsp3) is 0.455. The Morgan fingerprint density at radius 1 is 0.700 bits per heavy atom. The molecule has 0 saturated carbocycles. The molecule has 1 aromatic carbocycles. The monoisotopic (exact) mass is 405 g/mol. The number of piperazine rings is 1. The van der Waals surface area contributed by atoms with Gasteiger partial charge in [-0.1, -0.05) is 12.1 Å². The molecule has 0 unspecified atom stereocenters. The molecule has 8 heteroatoms. The number of hydrogen-bond donors (Lipinski definition) is 0. The lowest BCUT2D eigenvalue weighted by atomic mass is 10.2. The Morgan fingerprint density at radius 3 is 1.93 bits per heavy atom. The number of nitrogens with zero attached hydrogens (tertiary/aromatic N) is 7. The standard InChI is InChI=1S/C22H27N7O/c1-16-22(26-19-6-4-3-5-18(19)23-16)29-9-7-27(8-10-29)20-15-21(25-17(2)24-20)28-11-13-30-14-12-28/h3-6,15H,7-14H2,1-2H3. The van der Waals surface area contributed by atoms with Crippen molar-refractivity contribution in [3.05, 3.63) is 41.9 Å². The summed E-state index contributed by atoms with van der Waals surface area (Å²) in [5.74, 6) is 3.80. The fourth-order valence-electron chi connectivity index (χ4n) is 4.18. The smallest absolute Gasteiger partial charge is 0.150 e. The maximum atomic E-state index is 5.48. The lowest BCUT2D eigenvalue weighted by Gasteiger charge is -2.37. The van der Waals surface area contributed by atoms with E-state index in [1.165, 1.54) is 0 Å². The van der Waals surface area contributed by atoms with Crippen LogP contribution in [-0.2, 0) is 4.74 Å². The first kappa shape index (κ1) is 19.0. The topological polar surface area (TPSA) is 70.5 Å². The van der Waals surface area contributed by atoms with Crippen molar-refractivity contribution < 1.29 is 4.74 Å². The Balaban J connectivity index is 1.32. The molecule has 2 aliphatic rings. The molecule has 0 aliphatic carbocycles. The highest BCUT2D eigenvalue weighted by molar-refractivity contribution is 5.76. The van der Waals surface area contributed by atoms with Gasteiger partial charge in [0.1, 0.15) is 17.5 Å². The van der Waals surface area contributed by atoms with Gasteiger partial charge in [-0.3, -0.25) is 0 Å². The van der Waals surface area contributed by atoms with Crippen LogP contribution in [0.15, 0.2) is 30.3 Å². The van der Waals surface area contributed by atoms with Crippen LogP contribution in [0.4, 0.5) is 17.5 Å². The first-order valence-corrected chi connectivity index (χ1v) is 10.6. The third-order valence-corrected chi connectivity index (χ3v) is 5.77. The van der Waals surface area contributed by atoms with Crippen LogP contribution in [0.2, 0.25) is 0 Å². The minimum Gasteiger partial charge on any atom is -0.378 e. The van der Waals surface area contributed by atoms with Gasteiger partial charge < -0.3 is 19.4 Å². The minimum absolute atomic E-state index is 0.753. The van der Waals surface area contributed by atoms with E-state index in [1.54, 1.807) is 0 Å². The van der Waals surface area contributed by atoms with Crippen LogP contribution in [-0.4, -0.2) is 72.4 Å². The van der Waals surface area contributed by atoms with Gasteiger partial charge in [0.05, 0.1) is 29.9 Å². The molecule has 4 heterocycles. The van der Waals surface area contributed by atoms with Crippen LogP contribution >= 0.6 is 0 Å². The predicted octanol–water partition coefficient (Wildman–Crippen LogP) is 2.20. The van der Waals surface area contributed by atoms with Crippen molar-refractivity contribution in [3.63, 3.8) is 0 Å². The summed E-state index contributed by atoms with van der Waals surface area (Å²) < 4.78 is 5.48. The maximum absolute atomic E-state index is 5.48. The molecule has 0 amide bonds. The van der Waals surface area contributed by atoms with E-state index in [1.807, 2.05) is 38.1 Å². The van der Waals surface area contributed by atoms with Gasteiger partial charge in [0, 0.05) is 45.3 Å². The number of benzene rings is 1. The molecular formula is C22H27N7O. The summed E-state index contributed by atoms with van der Waals surface area (Å²) >= 11 is 0. The highest BCUT2D eigenvalue weighted by atomic mass is 16.5. The quantitative estimate of drug-likeness (QED) is 0.657. The SMILES string of the molecule is Cc1nc(N2CCOCC2)cc(N2CCN(c3nc4ccccc4nc3C)CC2)n1. The van der Waals surface area contributed by atoms with Crippen LogP contribution in [0.1, 0.15) is 11.5 Å². The number of aryl methyl sites for hydroxylation is 2. The summed E-state index contributed by atoms with van der Waals surface area (Å²) in [5.41, 5.74) is 2.88. The second kappa shape index (κ2) is 8.02. The van der Waals surface area contributed by atoms with Crippen molar-refractivity contribution in [2.24, 2.45) is 0 Å². The maximum Gasteiger partial charge on any atom is 0.150 e. The summed E-state index contributed by atoms with van der Waals surface area (Å²) in [5, 5.41) is 0. The molecule has 3 aromatic rings. The van der Waals surface area contributed by atoms with Gasteiger partial charge in [-0.2, -0.15) is 0 Å². The van der Waals surface area contributed by atoms with Gasteiger partial charge in [-0.05, 0) is 26.0 Å². The molecule has 0 radical (unpaired) electrons. The van der Waals surface area contributed by atoms with Crippen molar-refractivity contribution in [3.8, 4) is 0 Å². The molecule has 0 N–H and O–H groups in total. The second-order valence-corrected chi connectivity index (χ2v) is 7.83. The molecular weight excluding hydrogens is 378 g/mol. The number of fused-ring (bicyclic) bond motifs is 1. The molecule has 156 valence electrons. The molecule has 0 spiro atoms. The molecule has 8 nitrogen and oxygen atoms in total. The molecule has 2 aliphatic heterocycles. The number of aromatic nitrogens is 4. The summed E-state index contributed by atoms with van der Waals surface area (Å²) in [6, 6.07) is 10.2. The molecule has 0 atom stereocenters. The third kappa shape index (κ3) is 3.75. The molecule has 5 rings (SSSR count). The van der Waals surface area contributed by atoms with Gasteiger partial charge in [-0.15, -0.1) is 0 Å². The van der Waals surface area contributed by atoms with E-state index in [9.17, 15) is 0 Å². The normalized spacial score (nSPS) is 17.6. The molecule has 2 fully saturated rings. The lowest BCUT2D eigenvalue weighted by molar-refractivity contribution is 0.122. The summed E-state index contributed by atoms with van der Waals surface area (Å²) in [6.45, 7) is 10.9. The fourth-order valence-corrected chi connectivity index (χ4v) is 4.18. The molecule has 30 heavy (non-hydrogen) atoms. The number of anilines is 3. The van der Waals surface area contributed by atoms with Crippen LogP contribution < -0.4 is 14.7 Å². The van der Waals surface area contributed by atoms with E-state index >= 15 is 0 Å². The van der Waals surface area contributed by atoms with Crippen LogP contribution in [0.5, 0.6) is 0 Å². The zero-order valence-corrected chi connectivity index (χ0v) is 17.6. The van der Waals surface area contributed by atoms with Crippen molar-refractivity contribution in [1.29, 1.82) is 0 Å². The number of para-hydroxylation sites is 2. The van der Waals surface area contributed by atoms with Crippen molar-refractivity contribution >= 4 is 28.5 Å². The zero-order chi connectivity index (χ0) is 20.5. The van der Waals surface area contributed by atoms with E-state index in [4.69, 9.17) is 19.7 Å². The molecule has 2 saturated heterocycles. The number of morpholine rings is 1. The van der Waals surface area contributed by atoms with Crippen molar-refractivity contribution in [2.45, 2.75) is 13.8 Å². The Morgan fingerprint density at radius 2 is 1.27 bits per heavy atom. The van der Waals surface area contributed by atoms with Crippen LogP contribution in [0.25, 0.3) is 11.0 Å². The predicted molar refractivity (Wildman–Crippen MR) is 119 cm³/mol. The summed E-state index contributed by atoms with van der Waals surface area (Å²) in [4.78, 5) is 26.0.